The van der Waals surface area contributed by atoms with E-state index in [1.807, 2.05) is 19.9 Å². The number of unbranched alkanes of at least 4 members (excludes halogenated alkanes) is 1. The van der Waals surface area contributed by atoms with Crippen molar-refractivity contribution in [1.82, 2.24) is 9.97 Å². The molecule has 0 unspecified atom stereocenters. The van der Waals surface area contributed by atoms with E-state index in [-0.39, 0.29) is 5.92 Å². The number of aryl methyl sites for hydroxylation is 1. The number of aromatic nitrogens is 2. The molecule has 0 aliphatic heterocycles. The van der Waals surface area contributed by atoms with Crippen LogP contribution in [0.1, 0.15) is 38.9 Å². The molecule has 0 bridgehead atoms. The average Bonchev–Trinajstić information content (AvgIpc) is 2.49. The molecule has 4 nitrogen and oxygen atoms in total. The van der Waals surface area contributed by atoms with Gasteiger partial charge in [-0.1, -0.05) is 20.3 Å². The van der Waals surface area contributed by atoms with Gasteiger partial charge in [-0.05, 0) is 50.8 Å². The second-order valence-corrected chi connectivity index (χ2v) is 17.0. The zero-order valence-corrected chi connectivity index (χ0v) is 18.3. The highest BCUT2D eigenvalue weighted by Crippen LogP contribution is 2.24. The molecular weight excluding hydrogens is 332 g/mol. The summed E-state index contributed by atoms with van der Waals surface area (Å²) in [6.07, 6.45) is 7.31. The average molecular weight is 367 g/mol. The van der Waals surface area contributed by atoms with Crippen molar-refractivity contribution in [3.05, 3.63) is 24.3 Å². The number of hydrogen-bond donors (Lipinski definition) is 0. The molecule has 136 valence electrons. The third kappa shape index (κ3) is 8.85. The number of rotatable bonds is 11. The Morgan fingerprint density at radius 1 is 1.04 bits per heavy atom. The smallest absolute Gasteiger partial charge is 0.173 e. The summed E-state index contributed by atoms with van der Waals surface area (Å²) < 4.78 is 6.64. The monoisotopic (exact) mass is 366 g/mol. The summed E-state index contributed by atoms with van der Waals surface area (Å²) in [5, 5.41) is 0. The summed E-state index contributed by atoms with van der Waals surface area (Å²) in [5.41, 5.74) is 0. The number of Topliss-reactive ketones (excluding diaryl/α,β-unsaturated/α-hetero) is 1. The van der Waals surface area contributed by atoms with Gasteiger partial charge in [0, 0.05) is 31.2 Å². The Bertz CT molecular complexity index is 505. The highest BCUT2D eigenvalue weighted by atomic mass is 28.4. The van der Waals surface area contributed by atoms with E-state index in [2.05, 4.69) is 36.2 Å². The van der Waals surface area contributed by atoms with Gasteiger partial charge < -0.3 is 4.12 Å². The van der Waals surface area contributed by atoms with Gasteiger partial charge in [0.05, 0.1) is 0 Å². The first-order chi connectivity index (χ1) is 11.1. The van der Waals surface area contributed by atoms with Crippen molar-refractivity contribution < 1.29 is 8.91 Å². The number of hydrogen-bond acceptors (Lipinski definition) is 4. The van der Waals surface area contributed by atoms with Crippen molar-refractivity contribution in [3.8, 4) is 0 Å². The lowest BCUT2D eigenvalue weighted by Gasteiger charge is -2.34. The van der Waals surface area contributed by atoms with Gasteiger partial charge in [-0.15, -0.1) is 0 Å². The minimum absolute atomic E-state index is 0.165. The Morgan fingerprint density at radius 3 is 2.21 bits per heavy atom. The van der Waals surface area contributed by atoms with E-state index in [1.54, 1.807) is 12.4 Å². The third-order valence-corrected chi connectivity index (χ3v) is 11.7. The lowest BCUT2D eigenvalue weighted by molar-refractivity contribution is -0.122. The molecule has 6 heteroatoms. The van der Waals surface area contributed by atoms with Crippen molar-refractivity contribution in [2.45, 2.75) is 77.8 Å². The zero-order valence-electron chi connectivity index (χ0n) is 16.3. The predicted octanol–water partition coefficient (Wildman–Crippen LogP) is 4.84. The minimum Gasteiger partial charge on any atom is -0.455 e. The molecule has 1 rings (SSSR count). The minimum atomic E-state index is -1.71. The fourth-order valence-corrected chi connectivity index (χ4v) is 11.6. The van der Waals surface area contributed by atoms with Crippen LogP contribution in [-0.2, 0) is 15.3 Å². The molecule has 0 atom stereocenters. The number of carbonyl (C=O) groups excluding carboxylic acids is 1. The zero-order chi connectivity index (χ0) is 18.2. The summed E-state index contributed by atoms with van der Waals surface area (Å²) in [5.74, 6) is 1.46. The molecule has 0 fully saturated rings. The van der Waals surface area contributed by atoms with Crippen molar-refractivity contribution >= 4 is 22.4 Å². The van der Waals surface area contributed by atoms with Crippen LogP contribution in [0.25, 0.3) is 0 Å². The molecule has 0 radical (unpaired) electrons. The van der Waals surface area contributed by atoms with E-state index in [0.29, 0.717) is 12.2 Å². The molecule has 1 aromatic rings. The standard InChI is InChI=1S/C18H34N2O2Si2/c1-16(2)17(21)10-7-8-14-23(3,4)22-24(5,6)15-11-18-19-12-9-13-20-18/h9,12-13,16H,7-8,10-11,14-15H2,1-6H3. The molecule has 0 amide bonds. The molecule has 24 heavy (non-hydrogen) atoms. The Labute approximate surface area is 149 Å². The Balaban J connectivity index is 2.36. The maximum absolute atomic E-state index is 11.7. The molecular formula is C18H34N2O2Si2. The van der Waals surface area contributed by atoms with Crippen molar-refractivity contribution in [2.75, 3.05) is 0 Å². The fraction of sp³-hybridized carbons (Fsp3) is 0.722. The van der Waals surface area contributed by atoms with Crippen LogP contribution in [0, 0.1) is 5.92 Å². The molecule has 1 aromatic heterocycles. The Morgan fingerprint density at radius 2 is 1.62 bits per heavy atom. The van der Waals surface area contributed by atoms with Crippen molar-refractivity contribution in [2.24, 2.45) is 5.92 Å². The van der Waals surface area contributed by atoms with Crippen LogP contribution in [0.15, 0.2) is 18.5 Å². The van der Waals surface area contributed by atoms with Gasteiger partial charge in [0.25, 0.3) is 0 Å². The van der Waals surface area contributed by atoms with Crippen LogP contribution in [0.2, 0.25) is 38.3 Å². The van der Waals surface area contributed by atoms with Gasteiger partial charge in [0.2, 0.25) is 0 Å². The lowest BCUT2D eigenvalue weighted by atomic mass is 10.0. The topological polar surface area (TPSA) is 52.1 Å². The quantitative estimate of drug-likeness (QED) is 0.415. The fourth-order valence-electron chi connectivity index (χ4n) is 2.86. The summed E-state index contributed by atoms with van der Waals surface area (Å²) in [6, 6.07) is 4.04. The van der Waals surface area contributed by atoms with Gasteiger partial charge >= 0.3 is 0 Å². The van der Waals surface area contributed by atoms with E-state index in [0.717, 1.165) is 37.2 Å². The van der Waals surface area contributed by atoms with E-state index in [9.17, 15) is 4.79 Å². The van der Waals surface area contributed by atoms with Gasteiger partial charge in [-0.2, -0.15) is 0 Å². The molecule has 0 spiro atoms. The van der Waals surface area contributed by atoms with E-state index in [1.165, 1.54) is 0 Å². The van der Waals surface area contributed by atoms with E-state index >= 15 is 0 Å². The first-order valence-corrected chi connectivity index (χ1v) is 15.3. The molecule has 0 saturated heterocycles. The molecule has 0 aliphatic carbocycles. The van der Waals surface area contributed by atoms with Gasteiger partial charge in [-0.25, -0.2) is 9.97 Å². The molecule has 1 heterocycles. The number of nitrogens with zero attached hydrogens (tertiary/aromatic N) is 2. The SMILES string of the molecule is CC(C)C(=O)CCCC[Si](C)(C)O[Si](C)(C)CCc1ncccn1. The summed E-state index contributed by atoms with van der Waals surface area (Å²) in [6.45, 7) is 13.2. The maximum Gasteiger partial charge on any atom is 0.173 e. The van der Waals surface area contributed by atoms with E-state index < -0.39 is 16.6 Å². The van der Waals surface area contributed by atoms with Crippen LogP contribution in [0.5, 0.6) is 0 Å². The largest absolute Gasteiger partial charge is 0.455 e. The van der Waals surface area contributed by atoms with Crippen molar-refractivity contribution in [3.63, 3.8) is 0 Å². The number of carbonyl (C=O) groups is 1. The second-order valence-electron chi connectivity index (χ2n) is 8.11. The lowest BCUT2D eigenvalue weighted by Crippen LogP contribution is -2.44. The van der Waals surface area contributed by atoms with Crippen LogP contribution >= 0.6 is 0 Å². The van der Waals surface area contributed by atoms with Gasteiger partial charge in [0.15, 0.2) is 16.6 Å². The van der Waals surface area contributed by atoms with Gasteiger partial charge in [-0.3, -0.25) is 4.79 Å². The predicted molar refractivity (Wildman–Crippen MR) is 105 cm³/mol. The Kier molecular flexibility index (Phi) is 8.46. The highest BCUT2D eigenvalue weighted by molar-refractivity contribution is 6.84. The summed E-state index contributed by atoms with van der Waals surface area (Å²) in [7, 11) is -3.37. The summed E-state index contributed by atoms with van der Waals surface area (Å²) in [4.78, 5) is 20.3. The van der Waals surface area contributed by atoms with Gasteiger partial charge in [0.1, 0.15) is 11.6 Å². The molecule has 0 N–H and O–H groups in total. The molecule has 0 saturated carbocycles. The highest BCUT2D eigenvalue weighted by Gasteiger charge is 2.32. The molecule has 0 aliphatic rings. The maximum atomic E-state index is 11.7. The second kappa shape index (κ2) is 9.58. The van der Waals surface area contributed by atoms with E-state index in [4.69, 9.17) is 4.12 Å². The van der Waals surface area contributed by atoms with Crippen LogP contribution < -0.4 is 0 Å². The normalized spacial score (nSPS) is 12.6. The first kappa shape index (κ1) is 21.2. The Hall–Kier alpha value is -0.856. The van der Waals surface area contributed by atoms with Crippen LogP contribution in [0.4, 0.5) is 0 Å². The molecule has 0 aromatic carbocycles. The van der Waals surface area contributed by atoms with Crippen LogP contribution in [-0.4, -0.2) is 32.4 Å². The summed E-state index contributed by atoms with van der Waals surface area (Å²) >= 11 is 0. The van der Waals surface area contributed by atoms with Crippen LogP contribution in [0.3, 0.4) is 0 Å². The number of ketones is 1. The third-order valence-electron chi connectivity index (χ3n) is 4.22. The first-order valence-electron chi connectivity index (χ1n) is 9.10. The van der Waals surface area contributed by atoms with Crippen molar-refractivity contribution in [1.29, 1.82) is 0 Å².